The highest BCUT2D eigenvalue weighted by molar-refractivity contribution is 7.99. The molecule has 1 heterocycles. The number of ether oxygens (including phenoxy) is 3. The number of rotatable bonds is 9. The van der Waals surface area contributed by atoms with Crippen molar-refractivity contribution in [3.63, 3.8) is 0 Å². The Morgan fingerprint density at radius 3 is 2.72 bits per heavy atom. The van der Waals surface area contributed by atoms with Crippen molar-refractivity contribution in [3.05, 3.63) is 0 Å². The Balaban J connectivity index is 2.45. The maximum atomic E-state index is 11.7. The number of carboxylic acids is 1. The molecule has 0 unspecified atom stereocenters. The van der Waals surface area contributed by atoms with Gasteiger partial charge < -0.3 is 24.2 Å². The van der Waals surface area contributed by atoms with Gasteiger partial charge in [0, 0.05) is 20.0 Å². The molecule has 1 aliphatic heterocycles. The van der Waals surface area contributed by atoms with E-state index in [9.17, 15) is 9.59 Å². The van der Waals surface area contributed by atoms with Crippen molar-refractivity contribution in [2.45, 2.75) is 12.1 Å². The third kappa shape index (κ3) is 3.84. The predicted molar refractivity (Wildman–Crippen MR) is 64.2 cm³/mol. The number of nitrogens with zero attached hydrogens (tertiary/aromatic N) is 1. The SMILES string of the molecule is COCO[C@H]1C(=O)N(COC)[C@H]1CSCC(=O)O. The summed E-state index contributed by atoms with van der Waals surface area (Å²) in [5, 5.41) is 8.57. The van der Waals surface area contributed by atoms with Crippen LogP contribution in [0.3, 0.4) is 0 Å². The van der Waals surface area contributed by atoms with Crippen LogP contribution >= 0.6 is 11.8 Å². The number of carbonyl (C=O) groups excluding carboxylic acids is 1. The number of carboxylic acid groups (broad SMARTS) is 1. The molecule has 0 aliphatic carbocycles. The first-order valence-electron chi connectivity index (χ1n) is 5.31. The molecule has 1 fully saturated rings. The zero-order valence-electron chi connectivity index (χ0n) is 10.3. The van der Waals surface area contributed by atoms with Crippen molar-refractivity contribution in [2.75, 3.05) is 39.2 Å². The Bertz CT molecular complexity index is 300. The van der Waals surface area contributed by atoms with Crippen molar-refractivity contribution in [1.29, 1.82) is 0 Å². The Morgan fingerprint density at radius 2 is 2.17 bits per heavy atom. The fraction of sp³-hybridized carbons (Fsp3) is 0.800. The summed E-state index contributed by atoms with van der Waals surface area (Å²) < 4.78 is 14.9. The molecule has 18 heavy (non-hydrogen) atoms. The molecular weight excluding hydrogens is 262 g/mol. The molecular formula is C10H17NO6S. The molecule has 1 saturated heterocycles. The normalized spacial score (nSPS) is 23.0. The quantitative estimate of drug-likeness (QED) is 0.454. The molecule has 0 bridgehead atoms. The minimum atomic E-state index is -0.877. The summed E-state index contributed by atoms with van der Waals surface area (Å²) in [6.45, 7) is 0.224. The van der Waals surface area contributed by atoms with Crippen LogP contribution in [0, 0.1) is 0 Å². The van der Waals surface area contributed by atoms with Gasteiger partial charge in [0.05, 0.1) is 11.8 Å². The molecule has 8 heteroatoms. The second-order valence-corrected chi connectivity index (χ2v) is 4.73. The molecule has 1 N–H and O–H groups in total. The molecule has 0 aromatic rings. The van der Waals surface area contributed by atoms with E-state index in [1.807, 2.05) is 0 Å². The van der Waals surface area contributed by atoms with Gasteiger partial charge in [0.15, 0.2) is 6.10 Å². The smallest absolute Gasteiger partial charge is 0.313 e. The van der Waals surface area contributed by atoms with E-state index >= 15 is 0 Å². The van der Waals surface area contributed by atoms with E-state index in [2.05, 4.69) is 0 Å². The van der Waals surface area contributed by atoms with Crippen LogP contribution in [0.2, 0.25) is 0 Å². The first-order valence-corrected chi connectivity index (χ1v) is 6.46. The van der Waals surface area contributed by atoms with Gasteiger partial charge in [-0.05, 0) is 0 Å². The maximum Gasteiger partial charge on any atom is 0.313 e. The summed E-state index contributed by atoms with van der Waals surface area (Å²) >= 11 is 1.24. The zero-order valence-corrected chi connectivity index (χ0v) is 11.1. The lowest BCUT2D eigenvalue weighted by atomic mass is 10.0. The largest absolute Gasteiger partial charge is 0.481 e. The highest BCUT2D eigenvalue weighted by Gasteiger charge is 2.48. The van der Waals surface area contributed by atoms with Crippen LogP contribution in [0.5, 0.6) is 0 Å². The Hall–Kier alpha value is -0.830. The lowest BCUT2D eigenvalue weighted by molar-refractivity contribution is -0.193. The summed E-state index contributed by atoms with van der Waals surface area (Å²) in [6, 6.07) is -0.169. The summed E-state index contributed by atoms with van der Waals surface area (Å²) in [4.78, 5) is 23.7. The number of likely N-dealkylation sites (tertiary alicyclic amines) is 1. The molecule has 7 nitrogen and oxygen atoms in total. The van der Waals surface area contributed by atoms with Crippen molar-refractivity contribution in [1.82, 2.24) is 4.90 Å². The highest BCUT2D eigenvalue weighted by Crippen LogP contribution is 2.26. The van der Waals surface area contributed by atoms with Crippen molar-refractivity contribution in [2.24, 2.45) is 0 Å². The average Bonchev–Trinajstić information content (AvgIpc) is 2.34. The lowest BCUT2D eigenvalue weighted by Crippen LogP contribution is -2.67. The number of β-lactam (4-membered cyclic amide) rings is 1. The number of hydrogen-bond donors (Lipinski definition) is 1. The van der Waals surface area contributed by atoms with E-state index in [1.54, 1.807) is 0 Å². The van der Waals surface area contributed by atoms with Gasteiger partial charge >= 0.3 is 5.97 Å². The molecule has 1 aliphatic rings. The molecule has 104 valence electrons. The standard InChI is InChI=1S/C10H17NO6S/c1-15-5-11-7(3-18-4-8(12)13)9(10(11)14)17-6-16-2/h7,9H,3-6H2,1-2H3,(H,12,13)/t7-,9+/m0/s1. The molecule has 1 amide bonds. The van der Waals surface area contributed by atoms with Gasteiger partial charge in [0.1, 0.15) is 13.5 Å². The second-order valence-electron chi connectivity index (χ2n) is 3.70. The molecule has 0 spiro atoms. The third-order valence-electron chi connectivity index (χ3n) is 2.42. The number of carbonyl (C=O) groups is 2. The molecule has 1 rings (SSSR count). The Kier molecular flexibility index (Phi) is 6.41. The topological polar surface area (TPSA) is 85.3 Å². The van der Waals surface area contributed by atoms with Crippen LogP contribution in [0.25, 0.3) is 0 Å². The molecule has 0 radical (unpaired) electrons. The number of methoxy groups -OCH3 is 2. The fourth-order valence-electron chi connectivity index (χ4n) is 1.64. The molecule has 0 saturated carbocycles. The second kappa shape index (κ2) is 7.57. The van der Waals surface area contributed by atoms with E-state index in [-0.39, 0.29) is 31.2 Å². The first-order chi connectivity index (χ1) is 8.61. The number of aliphatic carboxylic acids is 1. The van der Waals surface area contributed by atoms with Gasteiger partial charge in [-0.3, -0.25) is 9.59 Å². The Morgan fingerprint density at radius 1 is 1.44 bits per heavy atom. The van der Waals surface area contributed by atoms with Crippen LogP contribution in [0.4, 0.5) is 0 Å². The van der Waals surface area contributed by atoms with Gasteiger partial charge in [-0.2, -0.15) is 0 Å². The highest BCUT2D eigenvalue weighted by atomic mass is 32.2. The van der Waals surface area contributed by atoms with Crippen LogP contribution < -0.4 is 0 Å². The summed E-state index contributed by atoms with van der Waals surface area (Å²) in [5.41, 5.74) is 0. The zero-order chi connectivity index (χ0) is 13.5. The number of amides is 1. The lowest BCUT2D eigenvalue weighted by Gasteiger charge is -2.45. The van der Waals surface area contributed by atoms with Gasteiger partial charge in [-0.1, -0.05) is 0 Å². The Labute approximate surface area is 109 Å². The van der Waals surface area contributed by atoms with E-state index in [0.717, 1.165) is 0 Å². The van der Waals surface area contributed by atoms with E-state index < -0.39 is 12.1 Å². The van der Waals surface area contributed by atoms with Crippen molar-refractivity contribution in [3.8, 4) is 0 Å². The van der Waals surface area contributed by atoms with Gasteiger partial charge in [-0.25, -0.2) is 0 Å². The summed E-state index contributed by atoms with van der Waals surface area (Å²) in [7, 11) is 2.97. The number of hydrogen-bond acceptors (Lipinski definition) is 6. The third-order valence-corrected chi connectivity index (χ3v) is 3.45. The fourth-order valence-corrected chi connectivity index (χ4v) is 2.53. The summed E-state index contributed by atoms with van der Waals surface area (Å²) in [6.07, 6.45) is -0.568. The number of thioether (sulfide) groups is 1. The van der Waals surface area contributed by atoms with Crippen molar-refractivity contribution < 1.29 is 28.9 Å². The minimum Gasteiger partial charge on any atom is -0.481 e. The molecule has 0 aromatic heterocycles. The van der Waals surface area contributed by atoms with Crippen LogP contribution in [-0.2, 0) is 23.8 Å². The van der Waals surface area contributed by atoms with Crippen LogP contribution in [-0.4, -0.2) is 73.3 Å². The van der Waals surface area contributed by atoms with E-state index in [0.29, 0.717) is 5.75 Å². The minimum absolute atomic E-state index is 0.00249. The van der Waals surface area contributed by atoms with Crippen molar-refractivity contribution >= 4 is 23.6 Å². The van der Waals surface area contributed by atoms with Gasteiger partial charge in [0.25, 0.3) is 5.91 Å². The van der Waals surface area contributed by atoms with E-state index in [4.69, 9.17) is 19.3 Å². The van der Waals surface area contributed by atoms with Crippen LogP contribution in [0.1, 0.15) is 0 Å². The van der Waals surface area contributed by atoms with Gasteiger partial charge in [-0.15, -0.1) is 11.8 Å². The van der Waals surface area contributed by atoms with Crippen LogP contribution in [0.15, 0.2) is 0 Å². The molecule has 0 aromatic carbocycles. The average molecular weight is 279 g/mol. The first kappa shape index (κ1) is 15.2. The van der Waals surface area contributed by atoms with Gasteiger partial charge in [0.2, 0.25) is 0 Å². The summed E-state index contributed by atoms with van der Waals surface area (Å²) in [5.74, 6) is -0.536. The van der Waals surface area contributed by atoms with E-state index in [1.165, 1.54) is 30.9 Å². The predicted octanol–water partition coefficient (Wildman–Crippen LogP) is -0.392. The monoisotopic (exact) mass is 279 g/mol. The maximum absolute atomic E-state index is 11.7. The molecule has 2 atom stereocenters.